The zero-order chi connectivity index (χ0) is 21.2. The number of benzene rings is 1. The molecule has 0 unspecified atom stereocenters. The van der Waals surface area contributed by atoms with E-state index in [1.165, 1.54) is 7.05 Å². The van der Waals surface area contributed by atoms with Gasteiger partial charge in [-0.1, -0.05) is 0 Å². The summed E-state index contributed by atoms with van der Waals surface area (Å²) < 4.78 is 91.2. The van der Waals surface area contributed by atoms with Crippen LogP contribution in [-0.2, 0) is 30.5 Å². The monoisotopic (exact) mass is 443 g/mol. The van der Waals surface area contributed by atoms with Crippen molar-refractivity contribution in [2.24, 2.45) is 11.8 Å². The molecule has 0 heterocycles. The van der Waals surface area contributed by atoms with E-state index in [9.17, 15) is 30.0 Å². The van der Waals surface area contributed by atoms with Gasteiger partial charge < -0.3 is 0 Å². The Balaban J connectivity index is 1.92. The topological polar surface area (TPSA) is 80.8 Å². The first-order valence-electron chi connectivity index (χ1n) is 8.77. The van der Waals surface area contributed by atoms with Crippen molar-refractivity contribution < 1.29 is 34.2 Å². The van der Waals surface area contributed by atoms with E-state index in [4.69, 9.17) is 4.18 Å². The number of nitrogens with zero attached hydrogens (tertiary/aromatic N) is 1. The molecule has 1 aromatic rings. The van der Waals surface area contributed by atoms with E-state index in [1.54, 1.807) is 0 Å². The van der Waals surface area contributed by atoms with Crippen molar-refractivity contribution >= 4 is 20.1 Å². The predicted molar refractivity (Wildman–Crippen MR) is 97.5 cm³/mol. The summed E-state index contributed by atoms with van der Waals surface area (Å²) in [5, 5.41) is 0. The summed E-state index contributed by atoms with van der Waals surface area (Å²) >= 11 is 0. The molecule has 0 amide bonds. The third-order valence-electron chi connectivity index (χ3n) is 4.89. The van der Waals surface area contributed by atoms with Gasteiger partial charge in [0.15, 0.2) is 0 Å². The van der Waals surface area contributed by atoms with E-state index in [0.29, 0.717) is 0 Å². The van der Waals surface area contributed by atoms with Crippen LogP contribution in [-0.4, -0.2) is 47.6 Å². The molecule has 1 aliphatic carbocycles. The van der Waals surface area contributed by atoms with Gasteiger partial charge in [-0.05, 0) is 61.8 Å². The van der Waals surface area contributed by atoms with Crippen LogP contribution in [0.5, 0.6) is 0 Å². The summed E-state index contributed by atoms with van der Waals surface area (Å²) in [6.45, 7) is 0.383. The molecule has 1 aliphatic rings. The van der Waals surface area contributed by atoms with Crippen molar-refractivity contribution in [1.29, 1.82) is 0 Å². The lowest BCUT2D eigenvalue weighted by Gasteiger charge is -2.30. The third kappa shape index (κ3) is 6.43. The molecule has 28 heavy (non-hydrogen) atoms. The molecule has 6 nitrogen and oxygen atoms in total. The quantitative estimate of drug-likeness (QED) is 0.605. The number of alkyl halides is 3. The Bertz CT molecular complexity index is 859. The smallest absolute Gasteiger partial charge is 0.270 e. The van der Waals surface area contributed by atoms with Crippen molar-refractivity contribution in [1.82, 2.24) is 4.31 Å². The van der Waals surface area contributed by atoms with Crippen LogP contribution < -0.4 is 0 Å². The summed E-state index contributed by atoms with van der Waals surface area (Å²) in [6.07, 6.45) is -0.606. The molecule has 0 saturated heterocycles. The average Bonchev–Trinajstić information content (AvgIpc) is 2.59. The second kappa shape index (κ2) is 8.68. The average molecular weight is 444 g/mol. The minimum Gasteiger partial charge on any atom is -0.270 e. The van der Waals surface area contributed by atoms with Gasteiger partial charge in [0.1, 0.15) is 0 Å². The minimum atomic E-state index is -4.52. The molecular weight excluding hydrogens is 419 g/mol. The normalized spacial score (nSPS) is 21.8. The fourth-order valence-corrected chi connectivity index (χ4v) is 4.94. The fourth-order valence-electron chi connectivity index (χ4n) is 3.26. The molecule has 0 radical (unpaired) electrons. The number of sulfonamides is 1. The molecule has 0 spiro atoms. The summed E-state index contributed by atoms with van der Waals surface area (Å²) in [6, 6.07) is 3.45. The number of hydrogen-bond donors (Lipinski definition) is 0. The van der Waals surface area contributed by atoms with Gasteiger partial charge in [0, 0.05) is 13.6 Å². The maximum atomic E-state index is 12.6. The third-order valence-corrected chi connectivity index (χ3v) is 7.29. The zero-order valence-corrected chi connectivity index (χ0v) is 17.3. The zero-order valence-electron chi connectivity index (χ0n) is 15.6. The Morgan fingerprint density at radius 1 is 1.00 bits per heavy atom. The van der Waals surface area contributed by atoms with Gasteiger partial charge in [0.05, 0.1) is 23.3 Å². The van der Waals surface area contributed by atoms with Crippen LogP contribution in [0.15, 0.2) is 29.2 Å². The molecule has 160 valence electrons. The first-order chi connectivity index (χ1) is 12.8. The Labute approximate surface area is 163 Å². The molecule has 11 heteroatoms. The number of hydrogen-bond acceptors (Lipinski definition) is 5. The van der Waals surface area contributed by atoms with Crippen molar-refractivity contribution in [3.05, 3.63) is 29.8 Å². The van der Waals surface area contributed by atoms with Gasteiger partial charge in [-0.15, -0.1) is 0 Å². The van der Waals surface area contributed by atoms with Gasteiger partial charge in [-0.3, -0.25) is 4.18 Å². The van der Waals surface area contributed by atoms with E-state index >= 15 is 0 Å². The van der Waals surface area contributed by atoms with E-state index in [0.717, 1.165) is 60.5 Å². The number of halogens is 3. The lowest BCUT2D eigenvalue weighted by molar-refractivity contribution is -0.137. The Kier molecular flexibility index (Phi) is 7.17. The van der Waals surface area contributed by atoms with Gasteiger partial charge in [-0.25, -0.2) is 12.7 Å². The van der Waals surface area contributed by atoms with Crippen LogP contribution in [0.4, 0.5) is 13.2 Å². The highest BCUT2D eigenvalue weighted by molar-refractivity contribution is 7.89. The molecule has 0 atom stereocenters. The summed E-state index contributed by atoms with van der Waals surface area (Å²) in [4.78, 5) is -0.182. The Morgan fingerprint density at radius 3 is 1.96 bits per heavy atom. The van der Waals surface area contributed by atoms with Crippen molar-refractivity contribution in [3.63, 3.8) is 0 Å². The largest absolute Gasteiger partial charge is 0.416 e. The lowest BCUT2D eigenvalue weighted by Crippen LogP contribution is -2.34. The highest BCUT2D eigenvalue weighted by atomic mass is 32.2. The highest BCUT2D eigenvalue weighted by Crippen LogP contribution is 2.32. The van der Waals surface area contributed by atoms with Crippen LogP contribution in [0.1, 0.15) is 31.2 Å². The van der Waals surface area contributed by atoms with Crippen LogP contribution in [0.25, 0.3) is 0 Å². The molecule has 1 saturated carbocycles. The molecule has 2 rings (SSSR count). The van der Waals surface area contributed by atoms with Crippen LogP contribution in [0.3, 0.4) is 0 Å². The maximum Gasteiger partial charge on any atom is 0.416 e. The molecule has 0 bridgehead atoms. The van der Waals surface area contributed by atoms with Gasteiger partial charge in [-0.2, -0.15) is 21.6 Å². The van der Waals surface area contributed by atoms with Crippen molar-refractivity contribution in [2.75, 3.05) is 26.5 Å². The molecule has 1 aromatic carbocycles. The first-order valence-corrected chi connectivity index (χ1v) is 12.0. The summed E-state index contributed by atoms with van der Waals surface area (Å²) in [5.74, 6) is 0.214. The molecule has 1 fully saturated rings. The minimum absolute atomic E-state index is 0.101. The van der Waals surface area contributed by atoms with Crippen LogP contribution in [0, 0.1) is 11.8 Å². The Hall–Kier alpha value is -1.17. The molecular formula is C17H24F3NO5S2. The van der Waals surface area contributed by atoms with E-state index < -0.39 is 31.9 Å². The lowest BCUT2D eigenvalue weighted by atomic mass is 9.82. The summed E-state index contributed by atoms with van der Waals surface area (Å²) in [7, 11) is -5.95. The fraction of sp³-hybridized carbons (Fsp3) is 0.647. The Morgan fingerprint density at radius 2 is 1.50 bits per heavy atom. The standard InChI is InChI=1S/C17H24F3NO5S2/c1-21(11-13-3-5-14(6-4-13)12-26-27(2,22)23)28(24,25)16-9-7-15(8-10-16)17(18,19)20/h7-10,13-14H,3-6,11-12H2,1-2H3/t13-,14-. The van der Waals surface area contributed by atoms with Crippen LogP contribution in [0.2, 0.25) is 0 Å². The van der Waals surface area contributed by atoms with E-state index in [-0.39, 0.29) is 29.9 Å². The maximum absolute atomic E-state index is 12.6. The molecule has 0 N–H and O–H groups in total. The molecule has 0 aliphatic heterocycles. The summed E-state index contributed by atoms with van der Waals surface area (Å²) in [5.41, 5.74) is -0.899. The molecule has 0 aromatic heterocycles. The van der Waals surface area contributed by atoms with Crippen molar-refractivity contribution in [2.45, 2.75) is 36.8 Å². The van der Waals surface area contributed by atoms with E-state index in [1.807, 2.05) is 0 Å². The van der Waals surface area contributed by atoms with Gasteiger partial charge >= 0.3 is 6.18 Å². The van der Waals surface area contributed by atoms with Crippen LogP contribution >= 0.6 is 0 Å². The first kappa shape index (κ1) is 23.1. The SMILES string of the molecule is CN(C[C@H]1CC[C@H](COS(C)(=O)=O)CC1)S(=O)(=O)c1ccc(C(F)(F)F)cc1. The second-order valence-corrected chi connectivity index (χ2v) is 10.9. The second-order valence-electron chi connectivity index (χ2n) is 7.18. The van der Waals surface area contributed by atoms with Gasteiger partial charge in [0.25, 0.3) is 10.1 Å². The van der Waals surface area contributed by atoms with Crippen molar-refractivity contribution in [3.8, 4) is 0 Å². The number of rotatable bonds is 7. The predicted octanol–water partition coefficient (Wildman–Crippen LogP) is 3.11. The van der Waals surface area contributed by atoms with Gasteiger partial charge in [0.2, 0.25) is 10.0 Å². The highest BCUT2D eigenvalue weighted by Gasteiger charge is 2.32. The van der Waals surface area contributed by atoms with E-state index in [2.05, 4.69) is 0 Å².